The Balaban J connectivity index is 1.49. The smallest absolute Gasteiger partial charge is 0.218 e. The number of rotatable bonds is 5. The van der Waals surface area contributed by atoms with Crippen molar-refractivity contribution >= 4 is 27.0 Å². The average Bonchev–Trinajstić information content (AvgIpc) is 3.07. The Bertz CT molecular complexity index is 1020. The highest BCUT2D eigenvalue weighted by atomic mass is 32.2. The van der Waals surface area contributed by atoms with E-state index >= 15 is 0 Å². The van der Waals surface area contributed by atoms with Crippen molar-refractivity contribution < 1.29 is 8.42 Å². The zero-order valence-corrected chi connectivity index (χ0v) is 16.3. The maximum Gasteiger partial charge on any atom is 0.218 e. The van der Waals surface area contributed by atoms with Crippen LogP contribution in [0.4, 0.5) is 5.95 Å². The summed E-state index contributed by atoms with van der Waals surface area (Å²) >= 11 is 0. The van der Waals surface area contributed by atoms with Crippen molar-refractivity contribution in [3.63, 3.8) is 0 Å². The molecule has 7 heteroatoms. The Hall–Kier alpha value is -2.38. The van der Waals surface area contributed by atoms with E-state index in [-0.39, 0.29) is 5.75 Å². The van der Waals surface area contributed by atoms with Crippen molar-refractivity contribution in [2.75, 3.05) is 31.1 Å². The number of aromatic nitrogens is 2. The third-order valence-corrected chi connectivity index (χ3v) is 6.91. The first-order valence-corrected chi connectivity index (χ1v) is 10.9. The molecule has 0 aliphatic carbocycles. The number of fused-ring (bicyclic) bond motifs is 1. The second-order valence-electron chi connectivity index (χ2n) is 6.77. The van der Waals surface area contributed by atoms with Crippen molar-refractivity contribution in [1.29, 1.82) is 0 Å². The molecular weight excluding hydrogens is 360 g/mol. The summed E-state index contributed by atoms with van der Waals surface area (Å²) in [6.07, 6.45) is 0. The highest BCUT2D eigenvalue weighted by Gasteiger charge is 2.29. The second-order valence-corrected chi connectivity index (χ2v) is 8.74. The molecule has 142 valence electrons. The first-order chi connectivity index (χ1) is 13.1. The van der Waals surface area contributed by atoms with Crippen LogP contribution in [0, 0.1) is 0 Å². The molecule has 0 atom stereocenters. The Labute approximate surface area is 160 Å². The van der Waals surface area contributed by atoms with Gasteiger partial charge in [0.15, 0.2) is 0 Å². The fourth-order valence-electron chi connectivity index (χ4n) is 3.66. The van der Waals surface area contributed by atoms with Gasteiger partial charge in [-0.05, 0) is 24.6 Å². The molecule has 4 rings (SSSR count). The molecule has 0 spiro atoms. The van der Waals surface area contributed by atoms with Crippen molar-refractivity contribution in [3.8, 4) is 0 Å². The largest absolute Gasteiger partial charge is 0.340 e. The molecule has 1 aromatic heterocycles. The van der Waals surface area contributed by atoms with E-state index in [1.54, 1.807) is 4.31 Å². The number of imidazole rings is 1. The van der Waals surface area contributed by atoms with Crippen LogP contribution >= 0.6 is 0 Å². The standard InChI is InChI=1S/C20H24N4O2S/c1-2-24-19-11-7-6-10-18(19)21-20(24)22-12-14-23(15-13-22)27(25,26)16-17-8-4-3-5-9-17/h3-11H,2,12-16H2,1H3. The Kier molecular flexibility index (Phi) is 4.88. The van der Waals surface area contributed by atoms with Gasteiger partial charge in [-0.1, -0.05) is 42.5 Å². The lowest BCUT2D eigenvalue weighted by Gasteiger charge is -2.34. The number of sulfonamides is 1. The minimum absolute atomic E-state index is 0.0569. The van der Waals surface area contributed by atoms with Crippen LogP contribution in [0.15, 0.2) is 54.6 Å². The predicted molar refractivity (Wildman–Crippen MR) is 108 cm³/mol. The summed E-state index contributed by atoms with van der Waals surface area (Å²) in [5, 5.41) is 0. The fourth-order valence-corrected chi connectivity index (χ4v) is 5.17. The van der Waals surface area contributed by atoms with Crippen LogP contribution in [0.2, 0.25) is 0 Å². The quantitative estimate of drug-likeness (QED) is 0.679. The van der Waals surface area contributed by atoms with Gasteiger partial charge in [0.1, 0.15) is 0 Å². The number of aryl methyl sites for hydroxylation is 1. The molecule has 27 heavy (non-hydrogen) atoms. The van der Waals surface area contributed by atoms with Crippen LogP contribution in [0.25, 0.3) is 11.0 Å². The van der Waals surface area contributed by atoms with Gasteiger partial charge in [0.2, 0.25) is 16.0 Å². The molecule has 3 aromatic rings. The number of anilines is 1. The van der Waals surface area contributed by atoms with Crippen molar-refractivity contribution in [2.45, 2.75) is 19.2 Å². The van der Waals surface area contributed by atoms with Gasteiger partial charge in [0.05, 0.1) is 16.8 Å². The van der Waals surface area contributed by atoms with Gasteiger partial charge in [-0.3, -0.25) is 0 Å². The number of piperazine rings is 1. The number of nitrogens with zero attached hydrogens (tertiary/aromatic N) is 4. The van der Waals surface area contributed by atoms with E-state index in [1.807, 2.05) is 48.5 Å². The molecule has 6 nitrogen and oxygen atoms in total. The summed E-state index contributed by atoms with van der Waals surface area (Å²) in [5.41, 5.74) is 2.93. The van der Waals surface area contributed by atoms with Crippen LogP contribution in [0.1, 0.15) is 12.5 Å². The lowest BCUT2D eigenvalue weighted by atomic mass is 10.2. The Morgan fingerprint density at radius 3 is 2.30 bits per heavy atom. The van der Waals surface area contributed by atoms with E-state index in [1.165, 1.54) is 0 Å². The van der Waals surface area contributed by atoms with Crippen molar-refractivity contribution in [1.82, 2.24) is 13.9 Å². The Morgan fingerprint density at radius 2 is 1.59 bits per heavy atom. The lowest BCUT2D eigenvalue weighted by Crippen LogP contribution is -2.49. The minimum atomic E-state index is -3.30. The first-order valence-electron chi connectivity index (χ1n) is 9.30. The maximum absolute atomic E-state index is 12.7. The topological polar surface area (TPSA) is 58.4 Å². The maximum atomic E-state index is 12.7. The van der Waals surface area contributed by atoms with E-state index in [2.05, 4.69) is 22.5 Å². The molecule has 1 fully saturated rings. The third kappa shape index (κ3) is 3.57. The molecule has 0 amide bonds. The zero-order valence-electron chi connectivity index (χ0n) is 15.5. The van der Waals surface area contributed by atoms with Crippen LogP contribution in [-0.2, 0) is 22.3 Å². The summed E-state index contributed by atoms with van der Waals surface area (Å²) < 4.78 is 29.3. The molecule has 1 aliphatic heterocycles. The van der Waals surface area contributed by atoms with E-state index in [0.29, 0.717) is 26.2 Å². The van der Waals surface area contributed by atoms with Gasteiger partial charge in [-0.15, -0.1) is 0 Å². The number of para-hydroxylation sites is 2. The first kappa shape index (κ1) is 18.0. The van der Waals surface area contributed by atoms with Crippen LogP contribution in [0.5, 0.6) is 0 Å². The Morgan fingerprint density at radius 1 is 0.926 bits per heavy atom. The van der Waals surface area contributed by atoms with E-state index < -0.39 is 10.0 Å². The summed E-state index contributed by atoms with van der Waals surface area (Å²) in [7, 11) is -3.30. The molecule has 0 N–H and O–H groups in total. The second kappa shape index (κ2) is 7.32. The minimum Gasteiger partial charge on any atom is -0.340 e. The molecule has 0 radical (unpaired) electrons. The van der Waals surface area contributed by atoms with Crippen LogP contribution < -0.4 is 4.90 Å². The van der Waals surface area contributed by atoms with Gasteiger partial charge in [0, 0.05) is 32.7 Å². The molecule has 0 bridgehead atoms. The highest BCUT2D eigenvalue weighted by molar-refractivity contribution is 7.88. The molecule has 0 unspecified atom stereocenters. The predicted octanol–water partition coefficient (Wildman–Crippen LogP) is 2.71. The number of hydrogen-bond acceptors (Lipinski definition) is 4. The fraction of sp³-hybridized carbons (Fsp3) is 0.350. The third-order valence-electron chi connectivity index (χ3n) is 5.06. The molecule has 1 aliphatic rings. The van der Waals surface area contributed by atoms with Gasteiger partial charge in [0.25, 0.3) is 0 Å². The molecule has 2 heterocycles. The van der Waals surface area contributed by atoms with Crippen molar-refractivity contribution in [3.05, 3.63) is 60.2 Å². The number of hydrogen-bond donors (Lipinski definition) is 0. The molecular formula is C20H24N4O2S. The van der Waals surface area contributed by atoms with Gasteiger partial charge in [-0.2, -0.15) is 4.31 Å². The summed E-state index contributed by atoms with van der Waals surface area (Å²) in [6.45, 7) is 5.22. The monoisotopic (exact) mass is 384 g/mol. The molecule has 1 saturated heterocycles. The zero-order chi connectivity index (χ0) is 18.9. The van der Waals surface area contributed by atoms with Crippen molar-refractivity contribution in [2.24, 2.45) is 0 Å². The highest BCUT2D eigenvalue weighted by Crippen LogP contribution is 2.24. The van der Waals surface area contributed by atoms with Crippen LogP contribution in [-0.4, -0.2) is 48.5 Å². The summed E-state index contributed by atoms with van der Waals surface area (Å²) in [4.78, 5) is 6.98. The molecule has 2 aromatic carbocycles. The summed E-state index contributed by atoms with van der Waals surface area (Å²) in [6, 6.07) is 17.5. The van der Waals surface area contributed by atoms with E-state index in [9.17, 15) is 8.42 Å². The van der Waals surface area contributed by atoms with Gasteiger partial charge < -0.3 is 9.47 Å². The lowest BCUT2D eigenvalue weighted by molar-refractivity contribution is 0.380. The van der Waals surface area contributed by atoms with E-state index in [0.717, 1.165) is 29.1 Å². The normalized spacial score (nSPS) is 16.1. The average molecular weight is 385 g/mol. The molecule has 0 saturated carbocycles. The van der Waals surface area contributed by atoms with Crippen LogP contribution in [0.3, 0.4) is 0 Å². The van der Waals surface area contributed by atoms with Gasteiger partial charge in [-0.25, -0.2) is 13.4 Å². The summed E-state index contributed by atoms with van der Waals surface area (Å²) in [5.74, 6) is 0.986. The van der Waals surface area contributed by atoms with E-state index in [4.69, 9.17) is 4.98 Å². The van der Waals surface area contributed by atoms with Gasteiger partial charge >= 0.3 is 0 Å². The SMILES string of the molecule is CCn1c(N2CCN(S(=O)(=O)Cc3ccccc3)CC2)nc2ccccc21. The number of benzene rings is 2.